The van der Waals surface area contributed by atoms with Crippen LogP contribution in [0.1, 0.15) is 28.8 Å². The van der Waals surface area contributed by atoms with Crippen molar-refractivity contribution in [3.63, 3.8) is 0 Å². The fourth-order valence-corrected chi connectivity index (χ4v) is 2.61. The number of hydrogen-bond donors (Lipinski definition) is 3. The molecule has 2 aromatic carbocycles. The Morgan fingerprint density at radius 3 is 2.28 bits per heavy atom. The maximum atomic E-state index is 12.6. The van der Waals surface area contributed by atoms with Gasteiger partial charge in [-0.2, -0.15) is 5.26 Å². The number of carbonyl (C=O) groups is 2. The fraction of sp³-hybridized carbons (Fsp3) is 0.0952. The normalized spacial score (nSPS) is 9.97. The van der Waals surface area contributed by atoms with Crippen molar-refractivity contribution < 1.29 is 9.59 Å². The lowest BCUT2D eigenvalue weighted by molar-refractivity contribution is -0.114. The topological polar surface area (TPSA) is 120 Å². The molecule has 0 aliphatic rings. The van der Waals surface area contributed by atoms with E-state index in [4.69, 9.17) is 0 Å². The van der Waals surface area contributed by atoms with Crippen LogP contribution in [-0.2, 0) is 4.79 Å². The van der Waals surface area contributed by atoms with Gasteiger partial charge in [0.2, 0.25) is 5.91 Å². The Kier molecular flexibility index (Phi) is 5.80. The van der Waals surface area contributed by atoms with Gasteiger partial charge >= 0.3 is 0 Å². The zero-order valence-electron chi connectivity index (χ0n) is 15.9. The summed E-state index contributed by atoms with van der Waals surface area (Å²) >= 11 is 0. The standard InChI is InChI=1S/C21H18N6O2/c1-13-23-19(11-20(24-13)27-18-6-4-3-5-15(18)12-22)21(29)26-17-9-7-16(8-10-17)25-14(2)28/h3-11H,1-2H3,(H,25,28)(H,26,29)(H,23,24,27). The summed E-state index contributed by atoms with van der Waals surface area (Å²) in [5, 5.41) is 17.7. The number of aryl methyl sites for hydroxylation is 1. The summed E-state index contributed by atoms with van der Waals surface area (Å²) in [4.78, 5) is 32.1. The number of nitriles is 1. The van der Waals surface area contributed by atoms with Gasteiger partial charge in [0.25, 0.3) is 5.91 Å². The van der Waals surface area contributed by atoms with E-state index in [9.17, 15) is 14.9 Å². The van der Waals surface area contributed by atoms with E-state index in [0.29, 0.717) is 34.3 Å². The van der Waals surface area contributed by atoms with Crippen LogP contribution in [0.3, 0.4) is 0 Å². The van der Waals surface area contributed by atoms with E-state index >= 15 is 0 Å². The largest absolute Gasteiger partial charge is 0.339 e. The fourth-order valence-electron chi connectivity index (χ4n) is 2.61. The molecule has 0 unspecified atom stereocenters. The number of amides is 2. The van der Waals surface area contributed by atoms with E-state index in [1.54, 1.807) is 55.5 Å². The van der Waals surface area contributed by atoms with Crippen LogP contribution in [0.4, 0.5) is 22.9 Å². The van der Waals surface area contributed by atoms with Crippen LogP contribution in [0.5, 0.6) is 0 Å². The number of hydrogen-bond acceptors (Lipinski definition) is 6. The minimum absolute atomic E-state index is 0.170. The smallest absolute Gasteiger partial charge is 0.274 e. The van der Waals surface area contributed by atoms with Gasteiger partial charge in [0.1, 0.15) is 23.4 Å². The van der Waals surface area contributed by atoms with Gasteiger partial charge in [-0.05, 0) is 43.3 Å². The van der Waals surface area contributed by atoms with Gasteiger partial charge in [0, 0.05) is 24.4 Å². The van der Waals surface area contributed by atoms with Crippen LogP contribution in [0.15, 0.2) is 54.6 Å². The van der Waals surface area contributed by atoms with Crippen LogP contribution in [0.2, 0.25) is 0 Å². The molecule has 3 aromatic rings. The van der Waals surface area contributed by atoms with E-state index in [2.05, 4.69) is 32.0 Å². The number of benzene rings is 2. The van der Waals surface area contributed by atoms with Crippen molar-refractivity contribution in [2.75, 3.05) is 16.0 Å². The molecule has 0 aliphatic heterocycles. The molecule has 144 valence electrons. The van der Waals surface area contributed by atoms with E-state index in [1.807, 2.05) is 0 Å². The van der Waals surface area contributed by atoms with Crippen molar-refractivity contribution in [1.82, 2.24) is 9.97 Å². The number of nitrogens with one attached hydrogen (secondary N) is 3. The van der Waals surface area contributed by atoms with Crippen LogP contribution in [-0.4, -0.2) is 21.8 Å². The van der Waals surface area contributed by atoms with Crippen LogP contribution < -0.4 is 16.0 Å². The zero-order chi connectivity index (χ0) is 20.8. The maximum Gasteiger partial charge on any atom is 0.274 e. The summed E-state index contributed by atoms with van der Waals surface area (Å²) in [5.74, 6) is 0.248. The highest BCUT2D eigenvalue weighted by Crippen LogP contribution is 2.20. The highest BCUT2D eigenvalue weighted by molar-refractivity contribution is 6.03. The zero-order valence-corrected chi connectivity index (χ0v) is 15.9. The first-order valence-corrected chi connectivity index (χ1v) is 8.75. The molecular weight excluding hydrogens is 368 g/mol. The number of nitrogens with zero attached hydrogens (tertiary/aromatic N) is 3. The third-order valence-corrected chi connectivity index (χ3v) is 3.84. The lowest BCUT2D eigenvalue weighted by Gasteiger charge is -2.10. The number of para-hydroxylation sites is 1. The number of aromatic nitrogens is 2. The number of carbonyl (C=O) groups excluding carboxylic acids is 2. The van der Waals surface area contributed by atoms with E-state index in [1.165, 1.54) is 13.0 Å². The molecule has 3 rings (SSSR count). The molecule has 0 spiro atoms. The summed E-state index contributed by atoms with van der Waals surface area (Å²) in [6, 6.07) is 17.4. The summed E-state index contributed by atoms with van der Waals surface area (Å²) in [6.45, 7) is 3.11. The maximum absolute atomic E-state index is 12.6. The third kappa shape index (κ3) is 5.14. The van der Waals surface area contributed by atoms with Gasteiger partial charge in [0.05, 0.1) is 11.3 Å². The Bertz CT molecular complexity index is 1100. The second-order valence-electron chi connectivity index (χ2n) is 6.18. The van der Waals surface area contributed by atoms with Crippen molar-refractivity contribution in [3.05, 3.63) is 71.7 Å². The Balaban J connectivity index is 1.77. The van der Waals surface area contributed by atoms with Crippen molar-refractivity contribution in [1.29, 1.82) is 5.26 Å². The number of rotatable bonds is 5. The highest BCUT2D eigenvalue weighted by Gasteiger charge is 2.12. The van der Waals surface area contributed by atoms with Crippen molar-refractivity contribution in [2.24, 2.45) is 0 Å². The quantitative estimate of drug-likeness (QED) is 0.616. The predicted molar refractivity (Wildman–Crippen MR) is 110 cm³/mol. The molecule has 8 heteroatoms. The lowest BCUT2D eigenvalue weighted by Crippen LogP contribution is -2.15. The molecule has 0 fully saturated rings. The summed E-state index contributed by atoms with van der Waals surface area (Å²) < 4.78 is 0. The van der Waals surface area contributed by atoms with Gasteiger partial charge < -0.3 is 16.0 Å². The van der Waals surface area contributed by atoms with E-state index in [0.717, 1.165) is 0 Å². The minimum atomic E-state index is -0.403. The molecule has 2 amide bonds. The van der Waals surface area contributed by atoms with Crippen molar-refractivity contribution in [2.45, 2.75) is 13.8 Å². The molecule has 0 aliphatic carbocycles. The number of anilines is 4. The molecule has 29 heavy (non-hydrogen) atoms. The van der Waals surface area contributed by atoms with Gasteiger partial charge in [-0.25, -0.2) is 9.97 Å². The molecule has 0 saturated carbocycles. The van der Waals surface area contributed by atoms with E-state index < -0.39 is 5.91 Å². The molecular formula is C21H18N6O2. The average Bonchev–Trinajstić information content (AvgIpc) is 2.69. The van der Waals surface area contributed by atoms with Crippen LogP contribution >= 0.6 is 0 Å². The SMILES string of the molecule is CC(=O)Nc1ccc(NC(=O)c2cc(Nc3ccccc3C#N)nc(C)n2)cc1. The summed E-state index contributed by atoms with van der Waals surface area (Å²) in [7, 11) is 0. The first-order valence-electron chi connectivity index (χ1n) is 8.75. The molecule has 0 radical (unpaired) electrons. The van der Waals surface area contributed by atoms with Gasteiger partial charge in [-0.15, -0.1) is 0 Å². The first kappa shape index (κ1) is 19.5. The van der Waals surface area contributed by atoms with Gasteiger partial charge in [0.15, 0.2) is 0 Å². The molecule has 0 atom stereocenters. The predicted octanol–water partition coefficient (Wildman–Crippen LogP) is 3.61. The Labute approximate surface area is 167 Å². The van der Waals surface area contributed by atoms with Crippen LogP contribution in [0.25, 0.3) is 0 Å². The minimum Gasteiger partial charge on any atom is -0.339 e. The Morgan fingerprint density at radius 1 is 0.966 bits per heavy atom. The molecule has 3 N–H and O–H groups in total. The molecule has 1 heterocycles. The van der Waals surface area contributed by atoms with Crippen molar-refractivity contribution in [3.8, 4) is 6.07 Å². The first-order chi connectivity index (χ1) is 13.9. The highest BCUT2D eigenvalue weighted by atomic mass is 16.2. The summed E-state index contributed by atoms with van der Waals surface area (Å²) in [6.07, 6.45) is 0. The van der Waals surface area contributed by atoms with Gasteiger partial charge in [-0.1, -0.05) is 12.1 Å². The second kappa shape index (κ2) is 8.63. The lowest BCUT2D eigenvalue weighted by atomic mass is 10.2. The molecule has 0 bridgehead atoms. The Morgan fingerprint density at radius 2 is 1.62 bits per heavy atom. The second-order valence-corrected chi connectivity index (χ2v) is 6.18. The van der Waals surface area contributed by atoms with E-state index in [-0.39, 0.29) is 11.6 Å². The molecule has 8 nitrogen and oxygen atoms in total. The third-order valence-electron chi connectivity index (χ3n) is 3.84. The Hall–Kier alpha value is -4.25. The summed E-state index contributed by atoms with van der Waals surface area (Å²) in [5.41, 5.74) is 2.43. The monoisotopic (exact) mass is 386 g/mol. The molecule has 0 saturated heterocycles. The van der Waals surface area contributed by atoms with Crippen molar-refractivity contribution >= 4 is 34.7 Å². The molecule has 1 aromatic heterocycles. The average molecular weight is 386 g/mol. The van der Waals surface area contributed by atoms with Crippen LogP contribution in [0, 0.1) is 18.3 Å². The van der Waals surface area contributed by atoms with Gasteiger partial charge in [-0.3, -0.25) is 9.59 Å².